The summed E-state index contributed by atoms with van der Waals surface area (Å²) in [4.78, 5) is 4.80. The van der Waals surface area contributed by atoms with Gasteiger partial charge in [0.1, 0.15) is 6.61 Å². The Hall–Kier alpha value is -1.02. The first kappa shape index (κ1) is 9.07. The van der Waals surface area contributed by atoms with Crippen LogP contribution in [0.4, 0.5) is 0 Å². The number of halogens is 1. The largest absolute Gasteiger partial charge is 0.396 e. The molecule has 0 atom stereocenters. The van der Waals surface area contributed by atoms with Crippen molar-refractivity contribution in [2.45, 2.75) is 6.92 Å². The minimum absolute atomic E-state index is 0.580. The van der Waals surface area contributed by atoms with E-state index in [2.05, 4.69) is 5.16 Å². The standard InChI is InChI=1S/C9H10ClNO/c1-2-12-11-7-8-4-3-5-9(10)6-8/h3-7H,2H2,1H3/b11-7+. The molecular weight excluding hydrogens is 174 g/mol. The van der Waals surface area contributed by atoms with Gasteiger partial charge in [0.2, 0.25) is 0 Å². The van der Waals surface area contributed by atoms with Gasteiger partial charge in [-0.1, -0.05) is 28.9 Å². The lowest BCUT2D eigenvalue weighted by atomic mass is 10.2. The van der Waals surface area contributed by atoms with Crippen LogP contribution in [0, 0.1) is 0 Å². The van der Waals surface area contributed by atoms with E-state index >= 15 is 0 Å². The van der Waals surface area contributed by atoms with Crippen molar-refractivity contribution in [3.8, 4) is 0 Å². The highest BCUT2D eigenvalue weighted by Crippen LogP contribution is 2.08. The molecule has 1 aromatic rings. The molecule has 0 aliphatic carbocycles. The molecule has 3 heteroatoms. The average Bonchev–Trinajstić information content (AvgIpc) is 2.05. The van der Waals surface area contributed by atoms with Crippen molar-refractivity contribution in [2.75, 3.05) is 6.61 Å². The minimum atomic E-state index is 0.580. The first-order chi connectivity index (χ1) is 5.83. The fourth-order valence-electron chi connectivity index (χ4n) is 0.760. The van der Waals surface area contributed by atoms with E-state index in [0.717, 1.165) is 5.56 Å². The third kappa shape index (κ3) is 2.93. The smallest absolute Gasteiger partial charge is 0.114 e. The molecule has 0 amide bonds. The van der Waals surface area contributed by atoms with E-state index in [1.165, 1.54) is 0 Å². The molecule has 1 rings (SSSR count). The van der Waals surface area contributed by atoms with E-state index in [-0.39, 0.29) is 0 Å². The van der Waals surface area contributed by atoms with Crippen LogP contribution in [0.1, 0.15) is 12.5 Å². The van der Waals surface area contributed by atoms with Crippen LogP contribution in [0.2, 0.25) is 5.02 Å². The Labute approximate surface area is 76.8 Å². The molecule has 0 bridgehead atoms. The molecule has 0 N–H and O–H groups in total. The van der Waals surface area contributed by atoms with Gasteiger partial charge in [-0.05, 0) is 24.6 Å². The van der Waals surface area contributed by atoms with Crippen LogP contribution < -0.4 is 0 Å². The van der Waals surface area contributed by atoms with Gasteiger partial charge in [-0.3, -0.25) is 0 Å². The Morgan fingerprint density at radius 1 is 1.58 bits per heavy atom. The van der Waals surface area contributed by atoms with Crippen molar-refractivity contribution in [1.82, 2.24) is 0 Å². The zero-order valence-electron chi connectivity index (χ0n) is 6.83. The molecular formula is C9H10ClNO. The fourth-order valence-corrected chi connectivity index (χ4v) is 0.958. The van der Waals surface area contributed by atoms with Gasteiger partial charge in [0.25, 0.3) is 0 Å². The summed E-state index contributed by atoms with van der Waals surface area (Å²) in [6.45, 7) is 2.46. The minimum Gasteiger partial charge on any atom is -0.396 e. The van der Waals surface area contributed by atoms with Crippen molar-refractivity contribution >= 4 is 17.8 Å². The lowest BCUT2D eigenvalue weighted by molar-refractivity contribution is 0.160. The van der Waals surface area contributed by atoms with Crippen LogP contribution in [0.15, 0.2) is 29.4 Å². The maximum atomic E-state index is 5.76. The van der Waals surface area contributed by atoms with Gasteiger partial charge in [0.15, 0.2) is 0 Å². The van der Waals surface area contributed by atoms with Gasteiger partial charge in [0, 0.05) is 5.02 Å². The van der Waals surface area contributed by atoms with E-state index < -0.39 is 0 Å². The summed E-state index contributed by atoms with van der Waals surface area (Å²) in [6.07, 6.45) is 1.63. The van der Waals surface area contributed by atoms with Crippen LogP contribution >= 0.6 is 11.6 Å². The molecule has 0 saturated heterocycles. The third-order valence-corrected chi connectivity index (χ3v) is 1.49. The number of rotatable bonds is 3. The maximum Gasteiger partial charge on any atom is 0.114 e. The van der Waals surface area contributed by atoms with Crippen molar-refractivity contribution in [3.63, 3.8) is 0 Å². The predicted octanol–water partition coefficient (Wildman–Crippen LogP) is 2.71. The number of hydrogen-bond donors (Lipinski definition) is 0. The van der Waals surface area contributed by atoms with Gasteiger partial charge in [-0.2, -0.15) is 0 Å². The molecule has 0 radical (unpaired) electrons. The monoisotopic (exact) mass is 183 g/mol. The van der Waals surface area contributed by atoms with E-state index in [1.807, 2.05) is 31.2 Å². The zero-order chi connectivity index (χ0) is 8.81. The Morgan fingerprint density at radius 3 is 3.08 bits per heavy atom. The molecule has 1 aromatic carbocycles. The predicted molar refractivity (Wildman–Crippen MR) is 50.7 cm³/mol. The molecule has 0 heterocycles. The lowest BCUT2D eigenvalue weighted by Crippen LogP contribution is -1.83. The van der Waals surface area contributed by atoms with Gasteiger partial charge >= 0.3 is 0 Å². The molecule has 0 unspecified atom stereocenters. The summed E-state index contributed by atoms with van der Waals surface area (Å²) in [5.41, 5.74) is 0.941. The van der Waals surface area contributed by atoms with Crippen molar-refractivity contribution in [3.05, 3.63) is 34.9 Å². The third-order valence-electron chi connectivity index (χ3n) is 1.25. The zero-order valence-corrected chi connectivity index (χ0v) is 7.58. The molecule has 0 aromatic heterocycles. The maximum absolute atomic E-state index is 5.76. The average molecular weight is 184 g/mol. The van der Waals surface area contributed by atoms with E-state index in [1.54, 1.807) is 6.21 Å². The van der Waals surface area contributed by atoms with Gasteiger partial charge in [-0.25, -0.2) is 0 Å². The first-order valence-electron chi connectivity index (χ1n) is 3.74. The van der Waals surface area contributed by atoms with Crippen LogP contribution in [0.3, 0.4) is 0 Å². The molecule has 2 nitrogen and oxygen atoms in total. The molecule has 64 valence electrons. The second-order valence-electron chi connectivity index (χ2n) is 2.21. The van der Waals surface area contributed by atoms with Crippen molar-refractivity contribution in [1.29, 1.82) is 0 Å². The Morgan fingerprint density at radius 2 is 2.42 bits per heavy atom. The van der Waals surface area contributed by atoms with E-state index in [0.29, 0.717) is 11.6 Å². The quantitative estimate of drug-likeness (QED) is 0.522. The summed E-state index contributed by atoms with van der Waals surface area (Å²) in [5, 5.41) is 4.42. The van der Waals surface area contributed by atoms with Crippen LogP contribution in [-0.2, 0) is 4.84 Å². The summed E-state index contributed by atoms with van der Waals surface area (Å²) in [5.74, 6) is 0. The molecule has 0 aliphatic rings. The fraction of sp³-hybridized carbons (Fsp3) is 0.222. The second-order valence-corrected chi connectivity index (χ2v) is 2.64. The highest BCUT2D eigenvalue weighted by molar-refractivity contribution is 6.30. The highest BCUT2D eigenvalue weighted by atomic mass is 35.5. The lowest BCUT2D eigenvalue weighted by Gasteiger charge is -1.93. The number of oxime groups is 1. The molecule has 0 spiro atoms. The Bertz CT molecular complexity index is 273. The Balaban J connectivity index is 2.63. The summed E-state index contributed by atoms with van der Waals surface area (Å²) < 4.78 is 0. The number of hydrogen-bond acceptors (Lipinski definition) is 2. The van der Waals surface area contributed by atoms with E-state index in [9.17, 15) is 0 Å². The van der Waals surface area contributed by atoms with Gasteiger partial charge in [-0.15, -0.1) is 0 Å². The highest BCUT2D eigenvalue weighted by Gasteiger charge is 1.88. The molecule has 0 fully saturated rings. The molecule has 0 saturated carbocycles. The van der Waals surface area contributed by atoms with E-state index in [4.69, 9.17) is 16.4 Å². The van der Waals surface area contributed by atoms with Gasteiger partial charge < -0.3 is 4.84 Å². The summed E-state index contributed by atoms with van der Waals surface area (Å²) in [7, 11) is 0. The van der Waals surface area contributed by atoms with Crippen molar-refractivity contribution in [2.24, 2.45) is 5.16 Å². The Kier molecular flexibility index (Phi) is 3.61. The SMILES string of the molecule is CCO/N=C/c1cccc(Cl)c1. The first-order valence-corrected chi connectivity index (χ1v) is 4.11. The van der Waals surface area contributed by atoms with Crippen LogP contribution in [-0.4, -0.2) is 12.8 Å². The summed E-state index contributed by atoms with van der Waals surface area (Å²) >= 11 is 5.76. The number of nitrogens with zero attached hydrogens (tertiary/aromatic N) is 1. The molecule has 0 aliphatic heterocycles. The molecule has 12 heavy (non-hydrogen) atoms. The van der Waals surface area contributed by atoms with Crippen LogP contribution in [0.5, 0.6) is 0 Å². The van der Waals surface area contributed by atoms with Crippen molar-refractivity contribution < 1.29 is 4.84 Å². The normalized spacial score (nSPS) is 10.5. The summed E-state index contributed by atoms with van der Waals surface area (Å²) in [6, 6.07) is 7.42. The van der Waals surface area contributed by atoms with Gasteiger partial charge in [0.05, 0.1) is 6.21 Å². The van der Waals surface area contributed by atoms with Crippen LogP contribution in [0.25, 0.3) is 0 Å². The topological polar surface area (TPSA) is 21.6 Å². The number of benzene rings is 1. The second kappa shape index (κ2) is 4.78.